The van der Waals surface area contributed by atoms with Crippen molar-refractivity contribution in [2.45, 2.75) is 34.6 Å². The van der Waals surface area contributed by atoms with Gasteiger partial charge in [-0.3, -0.25) is 0 Å². The van der Waals surface area contributed by atoms with E-state index in [0.29, 0.717) is 5.41 Å². The predicted octanol–water partition coefficient (Wildman–Crippen LogP) is 1.35. The molecule has 0 radical (unpaired) electrons. The van der Waals surface area contributed by atoms with E-state index in [2.05, 4.69) is 34.6 Å². The fourth-order valence-corrected chi connectivity index (χ4v) is 2.53. The van der Waals surface area contributed by atoms with Crippen LogP contribution in [-0.4, -0.2) is 29.1 Å². The average molecular weight is 174 g/mol. The van der Waals surface area contributed by atoms with Gasteiger partial charge >= 0.3 is 18.9 Å². The van der Waals surface area contributed by atoms with Crippen LogP contribution >= 0.6 is 0 Å². The fraction of sp³-hybridized carbons (Fsp3) is 0.600. The summed E-state index contributed by atoms with van der Waals surface area (Å²) in [5.41, 5.74) is 5.03. The Balaban J connectivity index is 0.00000121. The Hall–Kier alpha value is 0.294. The Morgan fingerprint density at radius 3 is 1.50 bits per heavy atom. The molecule has 0 aliphatic heterocycles. The normalized spacial score (nSPS) is 21.8. The first-order valence-corrected chi connectivity index (χ1v) is 5.25. The molecule has 0 aromatic heterocycles. The van der Waals surface area contributed by atoms with Crippen LogP contribution in [0.2, 0.25) is 0 Å². The van der Waals surface area contributed by atoms with Gasteiger partial charge in [0.05, 0.1) is 0 Å². The molecule has 0 fully saturated rings. The molecule has 2 heteroatoms. The fourth-order valence-electron chi connectivity index (χ4n) is 1.78. The zero-order chi connectivity index (χ0) is 8.81. The molecule has 12 heavy (non-hydrogen) atoms. The van der Waals surface area contributed by atoms with Crippen molar-refractivity contribution in [1.29, 1.82) is 0 Å². The summed E-state index contributed by atoms with van der Waals surface area (Å²) in [6.07, 6.45) is 0. The molecule has 0 amide bonds. The third-order valence-electron chi connectivity index (χ3n) is 3.56. The van der Waals surface area contributed by atoms with E-state index in [0.717, 1.165) is 0 Å². The summed E-state index contributed by atoms with van der Waals surface area (Å²) < 4.78 is 0. The first kappa shape index (κ1) is 12.3. The van der Waals surface area contributed by atoms with E-state index in [-0.39, 0.29) is 18.9 Å². The van der Waals surface area contributed by atoms with Crippen LogP contribution in [0.5, 0.6) is 0 Å². The van der Waals surface area contributed by atoms with Crippen molar-refractivity contribution >= 4 is 29.1 Å². The second-order valence-corrected chi connectivity index (χ2v) is 5.12. The molecule has 64 valence electrons. The maximum atomic E-state index is 2.34. The van der Waals surface area contributed by atoms with Gasteiger partial charge in [0.2, 0.25) is 0 Å². The molecule has 1 aliphatic carbocycles. The van der Waals surface area contributed by atoms with Crippen molar-refractivity contribution in [3.63, 3.8) is 0 Å². The van der Waals surface area contributed by atoms with Crippen LogP contribution in [0.1, 0.15) is 34.6 Å². The third-order valence-corrected chi connectivity index (χ3v) is 5.56. The number of hydrogen-bond acceptors (Lipinski definition) is 0. The Labute approximate surface area is 91.1 Å². The zero-order valence-electron chi connectivity index (χ0n) is 8.50. The van der Waals surface area contributed by atoms with Crippen LogP contribution in [0.3, 0.4) is 0 Å². The van der Waals surface area contributed by atoms with Gasteiger partial charge in [0, 0.05) is 15.7 Å². The molecular weight excluding hydrogens is 155 g/mol. The van der Waals surface area contributed by atoms with E-state index >= 15 is 0 Å². The molecule has 0 atom stereocenters. The van der Waals surface area contributed by atoms with Crippen molar-refractivity contribution in [3.8, 4) is 0 Å². The number of hydrogen-bond donors (Lipinski definition) is 0. The van der Waals surface area contributed by atoms with E-state index < -0.39 is 0 Å². The summed E-state index contributed by atoms with van der Waals surface area (Å²) in [7, 11) is 1.21. The van der Waals surface area contributed by atoms with Crippen LogP contribution < -0.4 is 0 Å². The van der Waals surface area contributed by atoms with Gasteiger partial charge in [0.25, 0.3) is 0 Å². The van der Waals surface area contributed by atoms with Crippen molar-refractivity contribution in [3.05, 3.63) is 21.9 Å². The summed E-state index contributed by atoms with van der Waals surface area (Å²) in [6.45, 7) is 11.5. The van der Waals surface area contributed by atoms with E-state index in [1.54, 1.807) is 16.3 Å². The van der Waals surface area contributed by atoms with E-state index in [1.807, 2.05) is 0 Å². The molecule has 0 unspecified atom stereocenters. The van der Waals surface area contributed by atoms with Crippen molar-refractivity contribution in [2.24, 2.45) is 5.41 Å². The van der Waals surface area contributed by atoms with Crippen LogP contribution in [0.25, 0.3) is 0 Å². The molecular formula is C10H19LiSi. The Morgan fingerprint density at radius 1 is 1.00 bits per heavy atom. The monoisotopic (exact) mass is 174 g/mol. The van der Waals surface area contributed by atoms with Gasteiger partial charge in [-0.05, 0) is 26.3 Å². The third kappa shape index (κ3) is 1.51. The van der Waals surface area contributed by atoms with E-state index in [1.165, 1.54) is 15.8 Å². The summed E-state index contributed by atoms with van der Waals surface area (Å²) >= 11 is 0. The molecule has 0 heterocycles. The molecule has 0 aromatic carbocycles. The molecule has 1 rings (SSSR count). The van der Waals surface area contributed by atoms with Gasteiger partial charge in [0.15, 0.2) is 0 Å². The molecule has 0 spiro atoms. The number of allylic oxidation sites excluding steroid dienone is 4. The summed E-state index contributed by atoms with van der Waals surface area (Å²) in [6, 6.07) is 0. The summed E-state index contributed by atoms with van der Waals surface area (Å²) in [4.78, 5) is 0. The van der Waals surface area contributed by atoms with Crippen LogP contribution in [0.15, 0.2) is 21.9 Å². The van der Waals surface area contributed by atoms with Gasteiger partial charge in [-0.15, -0.1) is 0 Å². The Bertz CT molecular complexity index is 233. The molecule has 0 bridgehead atoms. The minimum absolute atomic E-state index is 0. The first-order valence-electron chi connectivity index (χ1n) is 4.25. The van der Waals surface area contributed by atoms with Gasteiger partial charge in [-0.1, -0.05) is 30.2 Å². The van der Waals surface area contributed by atoms with Gasteiger partial charge < -0.3 is 0 Å². The van der Waals surface area contributed by atoms with E-state index in [9.17, 15) is 0 Å². The molecule has 0 nitrogen and oxygen atoms in total. The quantitative estimate of drug-likeness (QED) is 0.486. The summed E-state index contributed by atoms with van der Waals surface area (Å²) in [5.74, 6) is 0. The maximum absolute atomic E-state index is 2.34. The second-order valence-electron chi connectivity index (χ2n) is 4.12. The standard InChI is InChI=1S/C10H18Si.Li.H/c1-6-7(2)9(11)10(4,5)8(6)3;;/h1-5,11H3;;. The first-order chi connectivity index (χ1) is 4.89. The topological polar surface area (TPSA) is 0 Å². The van der Waals surface area contributed by atoms with Crippen molar-refractivity contribution < 1.29 is 0 Å². The van der Waals surface area contributed by atoms with E-state index in [4.69, 9.17) is 0 Å². The number of rotatable bonds is 0. The van der Waals surface area contributed by atoms with Crippen LogP contribution in [0.4, 0.5) is 0 Å². The molecule has 0 saturated carbocycles. The van der Waals surface area contributed by atoms with Gasteiger partial charge in [-0.2, -0.15) is 0 Å². The Kier molecular flexibility index (Phi) is 3.66. The Morgan fingerprint density at radius 2 is 1.42 bits per heavy atom. The van der Waals surface area contributed by atoms with Crippen molar-refractivity contribution in [2.75, 3.05) is 0 Å². The van der Waals surface area contributed by atoms with Gasteiger partial charge in [-0.25, -0.2) is 0 Å². The molecule has 1 aliphatic rings. The zero-order valence-corrected chi connectivity index (χ0v) is 10.5. The molecule has 0 saturated heterocycles. The molecule has 0 N–H and O–H groups in total. The van der Waals surface area contributed by atoms with Crippen LogP contribution in [-0.2, 0) is 0 Å². The molecule has 0 aromatic rings. The second kappa shape index (κ2) is 3.58. The van der Waals surface area contributed by atoms with Crippen molar-refractivity contribution in [1.82, 2.24) is 0 Å². The van der Waals surface area contributed by atoms with Crippen LogP contribution in [0, 0.1) is 5.41 Å². The predicted molar refractivity (Wildman–Crippen MR) is 61.9 cm³/mol. The SMILES string of the molecule is CC1=C(C)C(C)(C)C([SiH3])=C1C.[LiH]. The summed E-state index contributed by atoms with van der Waals surface area (Å²) in [5, 5.41) is 1.67. The average Bonchev–Trinajstić information content (AvgIpc) is 2.06. The van der Waals surface area contributed by atoms with Gasteiger partial charge in [0.1, 0.15) is 0 Å². The minimum atomic E-state index is 0.